The van der Waals surface area contributed by atoms with Crippen LogP contribution < -0.4 is 5.73 Å². The number of nitro groups is 1. The second kappa shape index (κ2) is 10.7. The predicted octanol–water partition coefficient (Wildman–Crippen LogP) is 5.26. The van der Waals surface area contributed by atoms with Crippen LogP contribution in [-0.4, -0.2) is 17.4 Å². The van der Waals surface area contributed by atoms with Crippen LogP contribution in [-0.2, 0) is 4.79 Å². The molecule has 0 heterocycles. The van der Waals surface area contributed by atoms with Gasteiger partial charge in [-0.15, -0.1) is 0 Å². The first-order valence-corrected chi connectivity index (χ1v) is 10.4. The molecule has 0 aliphatic heterocycles. The molecule has 5 nitrogen and oxygen atoms in total. The second-order valence-corrected chi connectivity index (χ2v) is 8.35. The summed E-state index contributed by atoms with van der Waals surface area (Å²) in [6.45, 7) is 6.85. The smallest absolute Gasteiger partial charge is 0.217 e. The largest absolute Gasteiger partial charge is 0.370 e. The fourth-order valence-electron chi connectivity index (χ4n) is 5.03. The van der Waals surface area contributed by atoms with Crippen LogP contribution in [0, 0.1) is 26.9 Å². The number of carbonyl (C=O) groups is 1. The van der Waals surface area contributed by atoms with Gasteiger partial charge in [-0.2, -0.15) is 0 Å². The number of allylic oxidation sites excluding steroid dienone is 2. The van der Waals surface area contributed by atoms with Crippen molar-refractivity contribution < 1.29 is 9.72 Å². The van der Waals surface area contributed by atoms with E-state index in [9.17, 15) is 14.9 Å². The van der Waals surface area contributed by atoms with E-state index in [0.29, 0.717) is 18.8 Å². The van der Waals surface area contributed by atoms with Crippen molar-refractivity contribution in [1.29, 1.82) is 0 Å². The fraction of sp³-hybridized carbons (Fsp3) is 0.857. The maximum absolute atomic E-state index is 10.9. The van der Waals surface area contributed by atoms with E-state index >= 15 is 0 Å². The summed E-state index contributed by atoms with van der Waals surface area (Å²) in [6, 6.07) is 0. The van der Waals surface area contributed by atoms with Crippen LogP contribution in [0.3, 0.4) is 0 Å². The molecular formula is C21H38N2O3. The zero-order valence-electron chi connectivity index (χ0n) is 17.0. The molecule has 0 saturated carbocycles. The quantitative estimate of drug-likeness (QED) is 0.197. The third kappa shape index (κ3) is 6.40. The molecule has 0 fully saturated rings. The maximum Gasteiger partial charge on any atom is 0.217 e. The van der Waals surface area contributed by atoms with Crippen LogP contribution in [0.1, 0.15) is 91.4 Å². The first-order chi connectivity index (χ1) is 12.3. The van der Waals surface area contributed by atoms with Gasteiger partial charge in [0.25, 0.3) is 0 Å². The molecule has 0 aromatic rings. The Bertz CT molecular complexity index is 492. The highest BCUT2D eigenvalue weighted by atomic mass is 16.6. The lowest BCUT2D eigenvalue weighted by atomic mass is 9.61. The average Bonchev–Trinajstić information content (AvgIpc) is 2.81. The van der Waals surface area contributed by atoms with E-state index in [1.165, 1.54) is 12.8 Å². The highest BCUT2D eigenvalue weighted by Gasteiger charge is 2.48. The van der Waals surface area contributed by atoms with Crippen molar-refractivity contribution in [2.24, 2.45) is 22.5 Å². The molecule has 5 heteroatoms. The van der Waals surface area contributed by atoms with Crippen molar-refractivity contribution in [1.82, 2.24) is 0 Å². The van der Waals surface area contributed by atoms with Gasteiger partial charge in [-0.3, -0.25) is 14.9 Å². The summed E-state index contributed by atoms with van der Waals surface area (Å²) in [5.74, 6) is 0.346. The Morgan fingerprint density at radius 2 is 1.81 bits per heavy atom. The molecule has 26 heavy (non-hydrogen) atoms. The van der Waals surface area contributed by atoms with Gasteiger partial charge in [0, 0.05) is 17.8 Å². The summed E-state index contributed by atoms with van der Waals surface area (Å²) < 4.78 is 0. The van der Waals surface area contributed by atoms with Gasteiger partial charge < -0.3 is 5.73 Å². The number of unbranched alkanes of at least 4 members (excludes halogenated alkanes) is 2. The summed E-state index contributed by atoms with van der Waals surface area (Å²) in [5, 5.41) is 10.7. The molecule has 1 aliphatic rings. The topological polar surface area (TPSA) is 86.2 Å². The van der Waals surface area contributed by atoms with Gasteiger partial charge in [-0.1, -0.05) is 58.6 Å². The van der Waals surface area contributed by atoms with E-state index in [1.54, 1.807) is 0 Å². The number of nitrogens with two attached hydrogens (primary N) is 1. The summed E-state index contributed by atoms with van der Waals surface area (Å²) in [5.41, 5.74) is 5.51. The van der Waals surface area contributed by atoms with Gasteiger partial charge in [-0.05, 0) is 48.9 Å². The van der Waals surface area contributed by atoms with Crippen molar-refractivity contribution in [3.05, 3.63) is 22.3 Å². The lowest BCUT2D eigenvalue weighted by Gasteiger charge is -2.43. The molecular weight excluding hydrogens is 328 g/mol. The molecule has 150 valence electrons. The van der Waals surface area contributed by atoms with E-state index in [2.05, 4.69) is 32.9 Å². The van der Waals surface area contributed by atoms with E-state index in [4.69, 9.17) is 5.73 Å². The number of hydrogen-bond donors (Lipinski definition) is 1. The fourth-order valence-corrected chi connectivity index (χ4v) is 5.03. The van der Waals surface area contributed by atoms with Gasteiger partial charge in [-0.25, -0.2) is 0 Å². The molecule has 1 rings (SSSR count). The summed E-state index contributed by atoms with van der Waals surface area (Å²) in [7, 11) is 0. The molecule has 0 aromatic carbocycles. The van der Waals surface area contributed by atoms with Crippen LogP contribution in [0.15, 0.2) is 12.2 Å². The molecule has 0 aromatic heterocycles. The van der Waals surface area contributed by atoms with Gasteiger partial charge in [0.2, 0.25) is 12.5 Å². The van der Waals surface area contributed by atoms with Crippen LogP contribution in [0.25, 0.3) is 0 Å². The van der Waals surface area contributed by atoms with Gasteiger partial charge in [0.15, 0.2) is 0 Å². The normalized spacial score (nSPS) is 27.7. The van der Waals surface area contributed by atoms with Crippen LogP contribution in [0.4, 0.5) is 0 Å². The Morgan fingerprint density at radius 1 is 1.08 bits per heavy atom. The maximum atomic E-state index is 10.9. The van der Waals surface area contributed by atoms with Gasteiger partial charge >= 0.3 is 0 Å². The predicted molar refractivity (Wildman–Crippen MR) is 106 cm³/mol. The van der Waals surface area contributed by atoms with E-state index in [0.717, 1.165) is 44.9 Å². The minimum atomic E-state index is -0.212. The summed E-state index contributed by atoms with van der Waals surface area (Å²) in [4.78, 5) is 21.4. The molecule has 0 radical (unpaired) electrons. The number of hydrogen-bond acceptors (Lipinski definition) is 3. The van der Waals surface area contributed by atoms with Crippen molar-refractivity contribution in [3.63, 3.8) is 0 Å². The number of nitrogens with zero attached hydrogens (tertiary/aromatic N) is 1. The van der Waals surface area contributed by atoms with Crippen LogP contribution in [0.2, 0.25) is 0 Å². The monoisotopic (exact) mass is 366 g/mol. The molecule has 0 saturated heterocycles. The number of carbonyl (C=O) groups excluding carboxylic acids is 1. The second-order valence-electron chi connectivity index (χ2n) is 8.35. The zero-order valence-corrected chi connectivity index (χ0v) is 17.0. The number of rotatable bonds is 14. The summed E-state index contributed by atoms with van der Waals surface area (Å²) >= 11 is 0. The Kier molecular flexibility index (Phi) is 9.31. The highest BCUT2D eigenvalue weighted by Crippen LogP contribution is 2.57. The lowest BCUT2D eigenvalue weighted by molar-refractivity contribution is -0.480. The van der Waals surface area contributed by atoms with Gasteiger partial charge in [0.1, 0.15) is 0 Å². The standard InChI is InChI=1S/C21H38N2O3/c1-4-10-18-20(3,13-9-17-23(25)26)15-16-21(18,12-5-2)14-8-6-7-11-19(22)24/h15-16,18H,4-14,17H2,1-3H3,(H2,22,24). The molecule has 3 unspecified atom stereocenters. The van der Waals surface area contributed by atoms with E-state index < -0.39 is 0 Å². The Morgan fingerprint density at radius 3 is 2.38 bits per heavy atom. The van der Waals surface area contributed by atoms with E-state index in [-0.39, 0.29) is 28.2 Å². The molecule has 0 spiro atoms. The Hall–Kier alpha value is -1.39. The molecule has 3 atom stereocenters. The van der Waals surface area contributed by atoms with Gasteiger partial charge in [0.05, 0.1) is 0 Å². The zero-order chi connectivity index (χ0) is 19.6. The van der Waals surface area contributed by atoms with Crippen molar-refractivity contribution in [3.8, 4) is 0 Å². The third-order valence-electron chi connectivity index (χ3n) is 6.20. The lowest BCUT2D eigenvalue weighted by Crippen LogP contribution is -2.35. The third-order valence-corrected chi connectivity index (χ3v) is 6.20. The van der Waals surface area contributed by atoms with Crippen LogP contribution >= 0.6 is 0 Å². The minimum Gasteiger partial charge on any atom is -0.370 e. The number of amides is 1. The van der Waals surface area contributed by atoms with E-state index in [1.807, 2.05) is 0 Å². The summed E-state index contributed by atoms with van der Waals surface area (Å²) in [6.07, 6.45) is 15.6. The first-order valence-electron chi connectivity index (χ1n) is 10.4. The van der Waals surface area contributed by atoms with Crippen molar-refractivity contribution in [2.75, 3.05) is 6.54 Å². The minimum absolute atomic E-state index is 0.0639. The van der Waals surface area contributed by atoms with Crippen molar-refractivity contribution in [2.45, 2.75) is 91.4 Å². The molecule has 0 bridgehead atoms. The Labute approximate surface area is 158 Å². The van der Waals surface area contributed by atoms with Crippen LogP contribution in [0.5, 0.6) is 0 Å². The first kappa shape index (κ1) is 22.7. The molecule has 1 aliphatic carbocycles. The number of primary amides is 1. The molecule has 2 N–H and O–H groups in total. The van der Waals surface area contributed by atoms with Crippen molar-refractivity contribution >= 4 is 5.91 Å². The Balaban J connectivity index is 2.79. The highest BCUT2D eigenvalue weighted by molar-refractivity contribution is 5.73. The molecule has 1 amide bonds. The SMILES string of the molecule is CCCC1C(C)(CCC[N+](=O)[O-])C=CC1(CCC)CCCCCC(N)=O. The average molecular weight is 367 g/mol.